The Hall–Kier alpha value is -1.06. The van der Waals surface area contributed by atoms with E-state index in [1.54, 1.807) is 0 Å². The van der Waals surface area contributed by atoms with Crippen LogP contribution in [0, 0.1) is 6.92 Å². The number of ether oxygens (including phenoxy) is 1. The van der Waals surface area contributed by atoms with E-state index in [1.165, 1.54) is 18.4 Å². The van der Waals surface area contributed by atoms with Crippen LogP contribution in [0.1, 0.15) is 31.7 Å². The molecule has 1 atom stereocenters. The van der Waals surface area contributed by atoms with E-state index in [1.807, 2.05) is 12.1 Å². The normalized spacial score (nSPS) is 16.3. The highest BCUT2D eigenvalue weighted by Gasteiger charge is 2.20. The van der Waals surface area contributed by atoms with E-state index in [-0.39, 0.29) is 0 Å². The molecule has 1 unspecified atom stereocenters. The standard InChI is InChI=1S/C16H26N2O/c1-13-5-3-6-16(11-13)19-10-4-9-17-14(2)12-18-15-7-8-15/h3,5-6,11,14-15,17-18H,4,7-10,12H2,1-2H3. The summed E-state index contributed by atoms with van der Waals surface area (Å²) in [6.45, 7) is 7.18. The van der Waals surface area contributed by atoms with E-state index < -0.39 is 0 Å². The van der Waals surface area contributed by atoms with Gasteiger partial charge in [0.15, 0.2) is 0 Å². The molecule has 1 saturated carbocycles. The lowest BCUT2D eigenvalue weighted by Gasteiger charge is -2.14. The van der Waals surface area contributed by atoms with Crippen LogP contribution in [0.2, 0.25) is 0 Å². The van der Waals surface area contributed by atoms with Crippen LogP contribution in [0.3, 0.4) is 0 Å². The maximum atomic E-state index is 5.72. The molecule has 1 aromatic rings. The molecule has 1 aliphatic rings. The van der Waals surface area contributed by atoms with Gasteiger partial charge in [0.25, 0.3) is 0 Å². The van der Waals surface area contributed by atoms with Crippen LogP contribution >= 0.6 is 0 Å². The fourth-order valence-electron chi connectivity index (χ4n) is 2.02. The Morgan fingerprint density at radius 2 is 2.21 bits per heavy atom. The lowest BCUT2D eigenvalue weighted by atomic mass is 10.2. The third-order valence-electron chi connectivity index (χ3n) is 3.36. The third kappa shape index (κ3) is 6.08. The lowest BCUT2D eigenvalue weighted by molar-refractivity contribution is 0.304. The Balaban J connectivity index is 1.49. The monoisotopic (exact) mass is 262 g/mol. The molecule has 1 fully saturated rings. The van der Waals surface area contributed by atoms with Crippen molar-refractivity contribution in [3.8, 4) is 5.75 Å². The number of hydrogen-bond acceptors (Lipinski definition) is 3. The van der Waals surface area contributed by atoms with Gasteiger partial charge in [0.05, 0.1) is 6.61 Å². The molecule has 0 aromatic heterocycles. The molecule has 0 bridgehead atoms. The van der Waals surface area contributed by atoms with Crippen LogP contribution < -0.4 is 15.4 Å². The minimum atomic E-state index is 0.541. The average Bonchev–Trinajstić information content (AvgIpc) is 3.20. The quantitative estimate of drug-likeness (QED) is 0.671. The van der Waals surface area contributed by atoms with Gasteiger partial charge >= 0.3 is 0 Å². The summed E-state index contributed by atoms with van der Waals surface area (Å²) >= 11 is 0. The maximum absolute atomic E-state index is 5.72. The van der Waals surface area contributed by atoms with E-state index >= 15 is 0 Å². The summed E-state index contributed by atoms with van der Waals surface area (Å²) in [4.78, 5) is 0. The van der Waals surface area contributed by atoms with Crippen molar-refractivity contribution in [1.29, 1.82) is 0 Å². The van der Waals surface area contributed by atoms with Crippen LogP contribution in [0.25, 0.3) is 0 Å². The van der Waals surface area contributed by atoms with Crippen molar-refractivity contribution >= 4 is 0 Å². The zero-order valence-corrected chi connectivity index (χ0v) is 12.1. The van der Waals surface area contributed by atoms with Gasteiger partial charge in [-0.15, -0.1) is 0 Å². The molecule has 0 spiro atoms. The first kappa shape index (κ1) is 14.4. The van der Waals surface area contributed by atoms with E-state index in [0.717, 1.165) is 37.9 Å². The molecule has 0 radical (unpaired) electrons. The number of aryl methyl sites for hydroxylation is 1. The topological polar surface area (TPSA) is 33.3 Å². The van der Waals surface area contributed by atoms with Crippen molar-refractivity contribution in [2.75, 3.05) is 19.7 Å². The second kappa shape index (κ2) is 7.51. The Morgan fingerprint density at radius 3 is 2.95 bits per heavy atom. The highest BCUT2D eigenvalue weighted by Crippen LogP contribution is 2.18. The van der Waals surface area contributed by atoms with Gasteiger partial charge < -0.3 is 15.4 Å². The smallest absolute Gasteiger partial charge is 0.119 e. The van der Waals surface area contributed by atoms with Crippen LogP contribution in [0.4, 0.5) is 0 Å². The molecule has 1 aliphatic carbocycles. The highest BCUT2D eigenvalue weighted by atomic mass is 16.5. The third-order valence-corrected chi connectivity index (χ3v) is 3.36. The molecular formula is C16H26N2O. The van der Waals surface area contributed by atoms with Gasteiger partial charge in [-0.3, -0.25) is 0 Å². The molecule has 2 N–H and O–H groups in total. The zero-order chi connectivity index (χ0) is 13.5. The van der Waals surface area contributed by atoms with Gasteiger partial charge in [-0.1, -0.05) is 12.1 Å². The minimum absolute atomic E-state index is 0.541. The Kier molecular flexibility index (Phi) is 5.67. The summed E-state index contributed by atoms with van der Waals surface area (Å²) in [6.07, 6.45) is 3.76. The summed E-state index contributed by atoms with van der Waals surface area (Å²) < 4.78 is 5.72. The summed E-state index contributed by atoms with van der Waals surface area (Å²) in [5.74, 6) is 0.975. The molecule has 3 nitrogen and oxygen atoms in total. The SMILES string of the molecule is Cc1cccc(OCCCNC(C)CNC2CC2)c1. The molecule has 0 heterocycles. The van der Waals surface area contributed by atoms with Crippen LogP contribution in [0.5, 0.6) is 5.75 Å². The molecule has 106 valence electrons. The predicted molar refractivity (Wildman–Crippen MR) is 79.8 cm³/mol. The molecule has 3 heteroatoms. The minimum Gasteiger partial charge on any atom is -0.494 e. The van der Waals surface area contributed by atoms with Crippen LogP contribution in [-0.4, -0.2) is 31.8 Å². The van der Waals surface area contributed by atoms with Crippen molar-refractivity contribution in [3.05, 3.63) is 29.8 Å². The molecule has 2 rings (SSSR count). The van der Waals surface area contributed by atoms with Crippen molar-refractivity contribution < 1.29 is 4.74 Å². The first-order valence-electron chi connectivity index (χ1n) is 7.40. The van der Waals surface area contributed by atoms with Crippen molar-refractivity contribution in [1.82, 2.24) is 10.6 Å². The largest absolute Gasteiger partial charge is 0.494 e. The van der Waals surface area contributed by atoms with Gasteiger partial charge in [0.2, 0.25) is 0 Å². The van der Waals surface area contributed by atoms with Crippen molar-refractivity contribution in [3.63, 3.8) is 0 Å². The lowest BCUT2D eigenvalue weighted by Crippen LogP contribution is -2.37. The average molecular weight is 262 g/mol. The van der Waals surface area contributed by atoms with E-state index in [9.17, 15) is 0 Å². The van der Waals surface area contributed by atoms with Crippen molar-refractivity contribution in [2.24, 2.45) is 0 Å². The van der Waals surface area contributed by atoms with Gasteiger partial charge in [0, 0.05) is 18.6 Å². The summed E-state index contributed by atoms with van der Waals surface area (Å²) in [5, 5.41) is 7.06. The van der Waals surface area contributed by atoms with Gasteiger partial charge in [-0.2, -0.15) is 0 Å². The Labute approximate surface area is 116 Å². The highest BCUT2D eigenvalue weighted by molar-refractivity contribution is 5.27. The number of hydrogen-bond donors (Lipinski definition) is 2. The van der Waals surface area contributed by atoms with E-state index in [2.05, 4.69) is 36.6 Å². The molecule has 0 saturated heterocycles. The van der Waals surface area contributed by atoms with Crippen LogP contribution in [-0.2, 0) is 0 Å². The zero-order valence-electron chi connectivity index (χ0n) is 12.1. The number of benzene rings is 1. The number of rotatable bonds is 9. The van der Waals surface area contributed by atoms with Gasteiger partial charge in [-0.05, 0) is 57.4 Å². The predicted octanol–water partition coefficient (Wildman–Crippen LogP) is 2.49. The van der Waals surface area contributed by atoms with E-state index in [4.69, 9.17) is 4.74 Å². The summed E-state index contributed by atoms with van der Waals surface area (Å²) in [5.41, 5.74) is 1.25. The van der Waals surface area contributed by atoms with Crippen molar-refractivity contribution in [2.45, 2.75) is 45.2 Å². The molecule has 1 aromatic carbocycles. The maximum Gasteiger partial charge on any atom is 0.119 e. The fraction of sp³-hybridized carbons (Fsp3) is 0.625. The van der Waals surface area contributed by atoms with Crippen LogP contribution in [0.15, 0.2) is 24.3 Å². The Bertz CT molecular complexity index is 377. The first-order chi connectivity index (χ1) is 9.24. The second-order valence-electron chi connectivity index (χ2n) is 5.56. The second-order valence-corrected chi connectivity index (χ2v) is 5.56. The molecular weight excluding hydrogens is 236 g/mol. The summed E-state index contributed by atoms with van der Waals surface area (Å²) in [6, 6.07) is 9.56. The van der Waals surface area contributed by atoms with Gasteiger partial charge in [0.1, 0.15) is 5.75 Å². The van der Waals surface area contributed by atoms with Gasteiger partial charge in [-0.25, -0.2) is 0 Å². The molecule has 0 aliphatic heterocycles. The molecule has 19 heavy (non-hydrogen) atoms. The number of nitrogens with one attached hydrogen (secondary N) is 2. The van der Waals surface area contributed by atoms with E-state index in [0.29, 0.717) is 6.04 Å². The summed E-state index contributed by atoms with van der Waals surface area (Å²) in [7, 11) is 0. The fourth-order valence-corrected chi connectivity index (χ4v) is 2.02. The molecule has 0 amide bonds. The first-order valence-corrected chi connectivity index (χ1v) is 7.40. The Morgan fingerprint density at radius 1 is 1.37 bits per heavy atom.